The second-order valence-electron chi connectivity index (χ2n) is 6.81. The number of likely N-dealkylation sites (tertiary alicyclic amines) is 1. The lowest BCUT2D eigenvalue weighted by Crippen LogP contribution is -2.39. The van der Waals surface area contributed by atoms with Gasteiger partial charge in [-0.15, -0.1) is 0 Å². The van der Waals surface area contributed by atoms with E-state index in [9.17, 15) is 9.59 Å². The highest BCUT2D eigenvalue weighted by molar-refractivity contribution is 6.28. The zero-order valence-corrected chi connectivity index (χ0v) is 15.5. The monoisotopic (exact) mass is 363 g/mol. The zero-order chi connectivity index (χ0) is 18.8. The first-order valence-electron chi connectivity index (χ1n) is 9.34. The van der Waals surface area contributed by atoms with Crippen molar-refractivity contribution in [2.45, 2.75) is 45.1 Å². The number of carboxylic acid groups (broad SMARTS) is 1. The lowest BCUT2D eigenvalue weighted by molar-refractivity contribution is -0.168. The third-order valence-electron chi connectivity index (χ3n) is 4.62. The molecule has 0 aromatic heterocycles. The Morgan fingerprint density at radius 1 is 1.12 bits per heavy atom. The quantitative estimate of drug-likeness (QED) is 0.413. The molecule has 0 spiro atoms. The topological polar surface area (TPSA) is 76.1 Å². The van der Waals surface area contributed by atoms with E-state index in [1.807, 2.05) is 0 Å². The molecule has 144 valence electrons. The molecule has 1 saturated heterocycles. The van der Waals surface area contributed by atoms with Crippen LogP contribution < -0.4 is 0 Å². The second-order valence-corrected chi connectivity index (χ2v) is 6.81. The molecule has 26 heavy (non-hydrogen) atoms. The van der Waals surface area contributed by atoms with Crippen LogP contribution in [0.1, 0.15) is 36.8 Å². The maximum atomic E-state index is 11.0. The van der Waals surface area contributed by atoms with Gasteiger partial charge >= 0.3 is 11.9 Å². The van der Waals surface area contributed by atoms with Crippen LogP contribution >= 0.6 is 0 Å². The number of carbonyl (C=O) groups excluding carboxylic acids is 1. The van der Waals surface area contributed by atoms with Crippen molar-refractivity contribution in [3.8, 4) is 0 Å². The van der Waals surface area contributed by atoms with Gasteiger partial charge in [-0.25, -0.2) is 9.59 Å². The van der Waals surface area contributed by atoms with E-state index in [2.05, 4.69) is 36.1 Å². The van der Waals surface area contributed by atoms with E-state index in [1.165, 1.54) is 11.1 Å². The van der Waals surface area contributed by atoms with Crippen molar-refractivity contribution in [3.05, 3.63) is 35.4 Å². The van der Waals surface area contributed by atoms with Gasteiger partial charge in [0.15, 0.2) is 0 Å². The average molecular weight is 363 g/mol. The van der Waals surface area contributed by atoms with Crippen molar-refractivity contribution in [1.29, 1.82) is 0 Å². The van der Waals surface area contributed by atoms with Gasteiger partial charge in [0.05, 0.1) is 0 Å². The van der Waals surface area contributed by atoms with Crippen LogP contribution in [0.2, 0.25) is 0 Å². The molecule has 0 aliphatic carbocycles. The number of carboxylic acids is 1. The van der Waals surface area contributed by atoms with Crippen LogP contribution in [0, 0.1) is 6.92 Å². The molecule has 1 heterocycles. The molecule has 0 radical (unpaired) electrons. The molecular weight excluding hydrogens is 334 g/mol. The maximum absolute atomic E-state index is 11.0. The fraction of sp³-hybridized carbons (Fsp3) is 0.600. The van der Waals surface area contributed by atoms with Gasteiger partial charge in [-0.3, -0.25) is 0 Å². The molecular formula is C20H29NO5. The number of hydrogen-bond donors (Lipinski definition) is 1. The summed E-state index contributed by atoms with van der Waals surface area (Å²) in [5.41, 5.74) is 2.64. The highest BCUT2D eigenvalue weighted by atomic mass is 16.6. The molecule has 1 aliphatic rings. The largest absolute Gasteiger partial charge is 0.473 e. The molecule has 6 nitrogen and oxygen atoms in total. The van der Waals surface area contributed by atoms with Crippen LogP contribution in [0.25, 0.3) is 0 Å². The Kier molecular flexibility index (Phi) is 8.58. The molecule has 6 heteroatoms. The van der Waals surface area contributed by atoms with E-state index in [1.54, 1.807) is 0 Å². The summed E-state index contributed by atoms with van der Waals surface area (Å²) in [7, 11) is 0. The number of aryl methyl sites for hydroxylation is 2. The van der Waals surface area contributed by atoms with Crippen LogP contribution in [0.4, 0.5) is 0 Å². The van der Waals surface area contributed by atoms with Crippen molar-refractivity contribution in [2.75, 3.05) is 32.8 Å². The summed E-state index contributed by atoms with van der Waals surface area (Å²) in [6, 6.07) is 8.63. The Morgan fingerprint density at radius 2 is 1.77 bits per heavy atom. The number of carbonyl (C=O) groups is 2. The molecule has 1 aromatic carbocycles. The van der Waals surface area contributed by atoms with E-state index in [-0.39, 0.29) is 6.10 Å². The number of esters is 1. The first-order valence-corrected chi connectivity index (χ1v) is 9.34. The minimum atomic E-state index is -1.52. The first kappa shape index (κ1) is 20.4. The summed E-state index contributed by atoms with van der Waals surface area (Å²) < 4.78 is 10.6. The third kappa shape index (κ3) is 7.54. The van der Waals surface area contributed by atoms with Crippen molar-refractivity contribution in [3.63, 3.8) is 0 Å². The van der Waals surface area contributed by atoms with Crippen LogP contribution in [-0.4, -0.2) is 60.9 Å². The van der Waals surface area contributed by atoms with E-state index in [4.69, 9.17) is 14.6 Å². The minimum absolute atomic E-state index is 0.270. The number of ether oxygens (including phenoxy) is 2. The van der Waals surface area contributed by atoms with Crippen molar-refractivity contribution in [1.82, 2.24) is 4.90 Å². The number of piperidine rings is 1. The Labute approximate surface area is 155 Å². The molecule has 0 saturated carbocycles. The van der Waals surface area contributed by atoms with E-state index in [0.29, 0.717) is 12.8 Å². The van der Waals surface area contributed by atoms with Gasteiger partial charge in [-0.2, -0.15) is 0 Å². The van der Waals surface area contributed by atoms with Gasteiger partial charge in [0.1, 0.15) is 6.10 Å². The Morgan fingerprint density at radius 3 is 2.42 bits per heavy atom. The summed E-state index contributed by atoms with van der Waals surface area (Å²) in [5, 5.41) is 8.55. The standard InChI is InChI=1S/C20H29NO5/c1-16-5-7-17(8-6-16)4-2-14-25-15-3-11-21-12-9-18(10-13-21)26-20(24)19(22)23/h5-8,18H,2-4,9-15H2,1H3,(H,22,23). The third-order valence-corrected chi connectivity index (χ3v) is 4.62. The predicted octanol–water partition coefficient (Wildman–Crippen LogP) is 2.43. The maximum Gasteiger partial charge on any atom is 0.417 e. The highest BCUT2D eigenvalue weighted by Gasteiger charge is 2.24. The fourth-order valence-electron chi connectivity index (χ4n) is 3.08. The summed E-state index contributed by atoms with van der Waals surface area (Å²) in [6.45, 7) is 6.23. The van der Waals surface area contributed by atoms with E-state index in [0.717, 1.165) is 52.1 Å². The van der Waals surface area contributed by atoms with Gasteiger partial charge < -0.3 is 19.5 Å². The zero-order valence-electron chi connectivity index (χ0n) is 15.5. The van der Waals surface area contributed by atoms with Crippen LogP contribution in [0.5, 0.6) is 0 Å². The number of benzene rings is 1. The second kappa shape index (κ2) is 10.9. The van der Waals surface area contributed by atoms with Crippen molar-refractivity contribution >= 4 is 11.9 Å². The minimum Gasteiger partial charge on any atom is -0.473 e. The number of nitrogens with zero attached hydrogens (tertiary/aromatic N) is 1. The Hall–Kier alpha value is -1.92. The molecule has 0 atom stereocenters. The summed E-state index contributed by atoms with van der Waals surface area (Å²) in [6.07, 6.45) is 4.16. The molecule has 2 rings (SSSR count). The van der Waals surface area contributed by atoms with Crippen LogP contribution in [-0.2, 0) is 25.5 Å². The van der Waals surface area contributed by atoms with Crippen LogP contribution in [0.15, 0.2) is 24.3 Å². The van der Waals surface area contributed by atoms with E-state index >= 15 is 0 Å². The fourth-order valence-corrected chi connectivity index (χ4v) is 3.08. The van der Waals surface area contributed by atoms with Gasteiger partial charge in [0.25, 0.3) is 0 Å². The van der Waals surface area contributed by atoms with Crippen molar-refractivity contribution in [2.24, 2.45) is 0 Å². The predicted molar refractivity (Wildman–Crippen MR) is 98.1 cm³/mol. The lowest BCUT2D eigenvalue weighted by Gasteiger charge is -2.31. The van der Waals surface area contributed by atoms with Gasteiger partial charge in [-0.05, 0) is 44.6 Å². The molecule has 0 bridgehead atoms. The summed E-state index contributed by atoms with van der Waals surface area (Å²) >= 11 is 0. The molecule has 0 unspecified atom stereocenters. The molecule has 1 aromatic rings. The Balaban J connectivity index is 1.46. The first-order chi connectivity index (χ1) is 12.5. The smallest absolute Gasteiger partial charge is 0.417 e. The highest BCUT2D eigenvalue weighted by Crippen LogP contribution is 2.14. The van der Waals surface area contributed by atoms with Crippen LogP contribution in [0.3, 0.4) is 0 Å². The molecule has 1 fully saturated rings. The SMILES string of the molecule is Cc1ccc(CCCOCCCN2CCC(OC(=O)C(=O)O)CC2)cc1. The van der Waals surface area contributed by atoms with Gasteiger partial charge in [-0.1, -0.05) is 29.8 Å². The lowest BCUT2D eigenvalue weighted by atomic mass is 10.1. The molecule has 1 N–H and O–H groups in total. The van der Waals surface area contributed by atoms with Crippen molar-refractivity contribution < 1.29 is 24.2 Å². The number of rotatable bonds is 9. The Bertz CT molecular complexity index is 564. The van der Waals surface area contributed by atoms with Gasteiger partial charge in [0, 0.05) is 32.8 Å². The summed E-state index contributed by atoms with van der Waals surface area (Å²) in [5.74, 6) is -2.67. The normalized spacial score (nSPS) is 15.7. The number of hydrogen-bond acceptors (Lipinski definition) is 5. The van der Waals surface area contributed by atoms with Gasteiger partial charge in [0.2, 0.25) is 0 Å². The molecule has 0 amide bonds. The number of aliphatic carboxylic acids is 1. The molecule has 1 aliphatic heterocycles. The summed E-state index contributed by atoms with van der Waals surface area (Å²) in [4.78, 5) is 23.8. The average Bonchev–Trinajstić information content (AvgIpc) is 2.63. The van der Waals surface area contributed by atoms with E-state index < -0.39 is 11.9 Å².